The van der Waals surface area contributed by atoms with Crippen LogP contribution in [0, 0.1) is 5.92 Å². The van der Waals surface area contributed by atoms with Crippen molar-refractivity contribution in [3.8, 4) is 0 Å². The molecule has 0 amide bonds. The number of aromatic nitrogens is 1. The Balaban J connectivity index is 1.74. The summed E-state index contributed by atoms with van der Waals surface area (Å²) >= 11 is 0. The van der Waals surface area contributed by atoms with Crippen LogP contribution < -0.4 is 5.32 Å². The Labute approximate surface area is 111 Å². The van der Waals surface area contributed by atoms with E-state index in [1.165, 1.54) is 12.0 Å². The van der Waals surface area contributed by atoms with Crippen LogP contribution in [0.25, 0.3) is 11.1 Å². The molecule has 0 aliphatic rings. The zero-order chi connectivity index (χ0) is 13.7. The van der Waals surface area contributed by atoms with Gasteiger partial charge < -0.3 is 14.8 Å². The van der Waals surface area contributed by atoms with E-state index in [1.807, 2.05) is 25.1 Å². The standard InChI is InChI=1S/C14H18N2O3/c1-10(6-14(17)18)8-15-5-4-11-2-3-12-13(7-11)19-9-16-12/h2-3,7,9-10,15H,4-6,8H2,1H3,(H,17,18). The molecule has 0 saturated carbocycles. The number of aliphatic carboxylic acids is 1. The van der Waals surface area contributed by atoms with E-state index >= 15 is 0 Å². The SMILES string of the molecule is CC(CNCCc1ccc2ncoc2c1)CC(=O)O. The number of rotatable bonds is 7. The predicted molar refractivity (Wildman–Crippen MR) is 72.0 cm³/mol. The lowest BCUT2D eigenvalue weighted by atomic mass is 10.1. The van der Waals surface area contributed by atoms with E-state index in [0.717, 1.165) is 30.6 Å². The zero-order valence-corrected chi connectivity index (χ0v) is 10.9. The third-order valence-electron chi connectivity index (χ3n) is 3.00. The first-order valence-corrected chi connectivity index (χ1v) is 6.40. The third kappa shape index (κ3) is 4.06. The summed E-state index contributed by atoms with van der Waals surface area (Å²) in [4.78, 5) is 14.6. The highest BCUT2D eigenvalue weighted by atomic mass is 16.4. The maximum Gasteiger partial charge on any atom is 0.303 e. The van der Waals surface area contributed by atoms with Crippen molar-refractivity contribution >= 4 is 17.1 Å². The highest BCUT2D eigenvalue weighted by Crippen LogP contribution is 2.14. The maximum atomic E-state index is 10.5. The molecule has 0 aliphatic heterocycles. The Bertz CT molecular complexity index is 550. The minimum atomic E-state index is -0.745. The average Bonchev–Trinajstić information content (AvgIpc) is 2.81. The molecule has 2 rings (SSSR count). The van der Waals surface area contributed by atoms with E-state index in [9.17, 15) is 4.79 Å². The van der Waals surface area contributed by atoms with Crippen molar-refractivity contribution in [1.29, 1.82) is 0 Å². The summed E-state index contributed by atoms with van der Waals surface area (Å²) in [6.07, 6.45) is 2.54. The van der Waals surface area contributed by atoms with Crippen LogP contribution in [0.15, 0.2) is 29.0 Å². The van der Waals surface area contributed by atoms with Crippen molar-refractivity contribution in [3.63, 3.8) is 0 Å². The second-order valence-corrected chi connectivity index (χ2v) is 4.81. The summed E-state index contributed by atoms with van der Waals surface area (Å²) < 4.78 is 5.25. The van der Waals surface area contributed by atoms with Gasteiger partial charge in [-0.1, -0.05) is 13.0 Å². The number of carboxylic acids is 1. The molecule has 1 atom stereocenters. The van der Waals surface area contributed by atoms with Crippen LogP contribution >= 0.6 is 0 Å². The summed E-state index contributed by atoms with van der Waals surface area (Å²) in [6.45, 7) is 3.47. The van der Waals surface area contributed by atoms with Crippen molar-refractivity contribution in [2.45, 2.75) is 19.8 Å². The van der Waals surface area contributed by atoms with Gasteiger partial charge in [-0.3, -0.25) is 4.79 Å². The molecule has 1 unspecified atom stereocenters. The van der Waals surface area contributed by atoms with Gasteiger partial charge in [-0.05, 0) is 43.1 Å². The highest BCUT2D eigenvalue weighted by Gasteiger charge is 2.06. The highest BCUT2D eigenvalue weighted by molar-refractivity contribution is 5.72. The van der Waals surface area contributed by atoms with Gasteiger partial charge >= 0.3 is 5.97 Å². The average molecular weight is 262 g/mol. The first kappa shape index (κ1) is 13.5. The number of nitrogens with zero attached hydrogens (tertiary/aromatic N) is 1. The zero-order valence-electron chi connectivity index (χ0n) is 10.9. The number of benzene rings is 1. The number of carboxylic acid groups (broad SMARTS) is 1. The van der Waals surface area contributed by atoms with E-state index < -0.39 is 5.97 Å². The largest absolute Gasteiger partial charge is 0.481 e. The monoisotopic (exact) mass is 262 g/mol. The number of nitrogens with one attached hydrogen (secondary N) is 1. The van der Waals surface area contributed by atoms with Crippen LogP contribution in [0.2, 0.25) is 0 Å². The minimum absolute atomic E-state index is 0.147. The molecule has 1 aromatic heterocycles. The molecule has 102 valence electrons. The van der Waals surface area contributed by atoms with Gasteiger partial charge in [-0.25, -0.2) is 4.98 Å². The Hall–Kier alpha value is -1.88. The molecule has 0 fully saturated rings. The molecule has 0 radical (unpaired) electrons. The van der Waals surface area contributed by atoms with Crippen LogP contribution in [-0.4, -0.2) is 29.1 Å². The molecule has 0 aliphatic carbocycles. The van der Waals surface area contributed by atoms with E-state index in [0.29, 0.717) is 0 Å². The van der Waals surface area contributed by atoms with Crippen molar-refractivity contribution in [3.05, 3.63) is 30.2 Å². The first-order chi connectivity index (χ1) is 9.15. The van der Waals surface area contributed by atoms with Crippen LogP contribution in [0.4, 0.5) is 0 Å². The Morgan fingerprint density at radius 2 is 2.37 bits per heavy atom. The first-order valence-electron chi connectivity index (χ1n) is 6.40. The molecule has 19 heavy (non-hydrogen) atoms. The van der Waals surface area contributed by atoms with Crippen molar-refractivity contribution in [2.75, 3.05) is 13.1 Å². The molecule has 2 N–H and O–H groups in total. The Morgan fingerprint density at radius 3 is 3.16 bits per heavy atom. The summed E-state index contributed by atoms with van der Waals surface area (Å²) in [5, 5.41) is 11.9. The molecule has 0 saturated heterocycles. The van der Waals surface area contributed by atoms with Crippen molar-refractivity contribution < 1.29 is 14.3 Å². The van der Waals surface area contributed by atoms with Gasteiger partial charge in [0.1, 0.15) is 5.52 Å². The molecular formula is C14H18N2O3. The number of fused-ring (bicyclic) bond motifs is 1. The summed E-state index contributed by atoms with van der Waals surface area (Å²) in [7, 11) is 0. The lowest BCUT2D eigenvalue weighted by Crippen LogP contribution is -2.24. The third-order valence-corrected chi connectivity index (χ3v) is 3.00. The van der Waals surface area contributed by atoms with E-state index in [-0.39, 0.29) is 12.3 Å². The van der Waals surface area contributed by atoms with Gasteiger partial charge in [-0.15, -0.1) is 0 Å². The number of hydrogen-bond donors (Lipinski definition) is 2. The molecule has 0 spiro atoms. The van der Waals surface area contributed by atoms with E-state index in [2.05, 4.69) is 10.3 Å². The molecule has 5 heteroatoms. The minimum Gasteiger partial charge on any atom is -0.481 e. The van der Waals surface area contributed by atoms with Gasteiger partial charge in [0.25, 0.3) is 0 Å². The Morgan fingerprint density at radius 1 is 1.53 bits per heavy atom. The maximum absolute atomic E-state index is 10.5. The Kier molecular flexibility index (Phi) is 4.52. The van der Waals surface area contributed by atoms with Crippen LogP contribution in [0.5, 0.6) is 0 Å². The van der Waals surface area contributed by atoms with Gasteiger partial charge in [0.2, 0.25) is 0 Å². The second-order valence-electron chi connectivity index (χ2n) is 4.81. The fourth-order valence-corrected chi connectivity index (χ4v) is 2.01. The lowest BCUT2D eigenvalue weighted by molar-refractivity contribution is -0.137. The molecule has 1 aromatic carbocycles. The van der Waals surface area contributed by atoms with Crippen LogP contribution in [-0.2, 0) is 11.2 Å². The van der Waals surface area contributed by atoms with E-state index in [1.54, 1.807) is 0 Å². The van der Waals surface area contributed by atoms with E-state index in [4.69, 9.17) is 9.52 Å². The predicted octanol–water partition coefficient (Wildman–Crippen LogP) is 2.07. The number of hydrogen-bond acceptors (Lipinski definition) is 4. The molecule has 0 bridgehead atoms. The number of oxazole rings is 1. The van der Waals surface area contributed by atoms with Crippen molar-refractivity contribution in [2.24, 2.45) is 5.92 Å². The molecule has 1 heterocycles. The van der Waals surface area contributed by atoms with Gasteiger partial charge in [0.15, 0.2) is 12.0 Å². The van der Waals surface area contributed by atoms with Crippen LogP contribution in [0.1, 0.15) is 18.9 Å². The fourth-order valence-electron chi connectivity index (χ4n) is 2.01. The quantitative estimate of drug-likeness (QED) is 0.747. The molecule has 5 nitrogen and oxygen atoms in total. The summed E-state index contributed by atoms with van der Waals surface area (Å²) in [5.41, 5.74) is 2.85. The second kappa shape index (κ2) is 6.33. The fraction of sp³-hybridized carbons (Fsp3) is 0.429. The smallest absolute Gasteiger partial charge is 0.303 e. The molecule has 2 aromatic rings. The number of carbonyl (C=O) groups is 1. The topological polar surface area (TPSA) is 75.4 Å². The lowest BCUT2D eigenvalue weighted by Gasteiger charge is -2.10. The van der Waals surface area contributed by atoms with Crippen LogP contribution in [0.3, 0.4) is 0 Å². The van der Waals surface area contributed by atoms with Crippen molar-refractivity contribution in [1.82, 2.24) is 10.3 Å². The van der Waals surface area contributed by atoms with Gasteiger partial charge in [-0.2, -0.15) is 0 Å². The summed E-state index contributed by atoms with van der Waals surface area (Å²) in [6, 6.07) is 5.97. The normalized spacial score (nSPS) is 12.7. The van der Waals surface area contributed by atoms with Gasteiger partial charge in [0, 0.05) is 6.42 Å². The van der Waals surface area contributed by atoms with Gasteiger partial charge in [0.05, 0.1) is 0 Å². The molecular weight excluding hydrogens is 244 g/mol. The summed E-state index contributed by atoms with van der Waals surface area (Å²) in [5.74, 6) is -0.598.